The van der Waals surface area contributed by atoms with Crippen molar-refractivity contribution in [2.24, 2.45) is 0 Å². The maximum Gasteiger partial charge on any atom is 0.147 e. The number of fused-ring (bicyclic) bond motifs is 7. The van der Waals surface area contributed by atoms with Crippen molar-refractivity contribution in [1.82, 2.24) is 0 Å². The first-order chi connectivity index (χ1) is 35.5. The lowest BCUT2D eigenvalue weighted by Crippen LogP contribution is -1.90. The Morgan fingerprint density at radius 2 is 0.812 bits per heavy atom. The van der Waals surface area contributed by atoms with E-state index in [4.69, 9.17) is 34.9 Å². The molecule has 0 N–H and O–H groups in total. The Morgan fingerprint density at radius 3 is 1.40 bits per heavy atom. The van der Waals surface area contributed by atoms with Gasteiger partial charge in [-0.3, -0.25) is 0 Å². The van der Waals surface area contributed by atoms with Crippen LogP contribution in [0.3, 0.4) is 0 Å². The molecule has 0 unspecified atom stereocenters. The van der Waals surface area contributed by atoms with Crippen molar-refractivity contribution in [2.75, 3.05) is 0 Å². The molecule has 0 fully saturated rings. The van der Waals surface area contributed by atoms with E-state index in [2.05, 4.69) is 0 Å². The van der Waals surface area contributed by atoms with Crippen molar-refractivity contribution >= 4 is 54.5 Å². The van der Waals surface area contributed by atoms with Crippen molar-refractivity contribution in [1.29, 1.82) is 0 Å². The Kier molecular flexibility index (Phi) is 2.45. The normalized spacial score (nSPS) is 19.9. The molecule has 2 heterocycles. The minimum atomic E-state index is -1.01. The fourth-order valence-electron chi connectivity index (χ4n) is 5.84. The van der Waals surface area contributed by atoms with Gasteiger partial charge in [-0.2, -0.15) is 0 Å². The molecule has 2 aromatic heterocycles. The van der Waals surface area contributed by atoms with Crippen LogP contribution in [0.1, 0.15) is 38.4 Å². The van der Waals surface area contributed by atoms with Gasteiger partial charge in [0.2, 0.25) is 0 Å². The molecule has 0 bridgehead atoms. The Hall–Kier alpha value is -6.38. The first kappa shape index (κ1) is 11.1. The molecular weight excluding hydrogens is 585 g/mol. The third kappa shape index (κ3) is 4.00. The average Bonchev–Trinajstić information content (AvgIpc) is 4.12. The van der Waals surface area contributed by atoms with Crippen molar-refractivity contribution in [3.05, 3.63) is 169 Å². The Morgan fingerprint density at radius 1 is 0.333 bits per heavy atom. The van der Waals surface area contributed by atoms with Gasteiger partial charge in [0.15, 0.2) is 0 Å². The van der Waals surface area contributed by atoms with Gasteiger partial charge in [-0.15, -0.1) is 0 Å². The second kappa shape index (κ2) is 10.6. The van der Waals surface area contributed by atoms with E-state index in [1.807, 2.05) is 0 Å². The van der Waals surface area contributed by atoms with Gasteiger partial charge >= 0.3 is 0 Å². The van der Waals surface area contributed by atoms with Gasteiger partial charge in [0.05, 0.1) is 43.8 Å². The molecule has 2 heteroatoms. The minimum absolute atomic E-state index is 0.540. The number of rotatable bonds is 4. The Labute approximate surface area is 316 Å². The molecule has 10 rings (SSSR count). The largest absolute Gasteiger partial charge is 0.455 e. The molecule has 2 nitrogen and oxygen atoms in total. The van der Waals surface area contributed by atoms with Crippen LogP contribution in [0.25, 0.3) is 99.2 Å². The molecule has 8 aromatic carbocycles. The van der Waals surface area contributed by atoms with E-state index in [1.54, 1.807) is 0 Å². The van der Waals surface area contributed by atoms with Crippen molar-refractivity contribution in [2.45, 2.75) is 0 Å². The van der Waals surface area contributed by atoms with Crippen molar-refractivity contribution in [3.8, 4) is 44.7 Å². The zero-order valence-corrected chi connectivity index (χ0v) is 23.8. The van der Waals surface area contributed by atoms with E-state index in [0.717, 1.165) is 0 Å². The van der Waals surface area contributed by atoms with Crippen molar-refractivity contribution < 1.29 is 47.2 Å². The molecule has 48 heavy (non-hydrogen) atoms. The van der Waals surface area contributed by atoms with Gasteiger partial charge < -0.3 is 8.83 Å². The number of hydrogen-bond acceptors (Lipinski definition) is 2. The summed E-state index contributed by atoms with van der Waals surface area (Å²) in [6, 6.07) is -26.1. The summed E-state index contributed by atoms with van der Waals surface area (Å²) in [6.45, 7) is 0. The highest BCUT2D eigenvalue weighted by Gasteiger charge is 2.23. The molecule has 0 aliphatic rings. The molecule has 224 valence electrons. The quantitative estimate of drug-likeness (QED) is 0.179. The van der Waals surface area contributed by atoms with Crippen LogP contribution in [-0.4, -0.2) is 0 Å². The first-order valence-corrected chi connectivity index (χ1v) is 14.1. The van der Waals surface area contributed by atoms with Gasteiger partial charge in [0, 0.05) is 21.9 Å². The third-order valence-electron chi connectivity index (χ3n) is 7.75. The minimum Gasteiger partial charge on any atom is -0.455 e. The monoisotopic (exact) mass is 640 g/mol. The molecule has 0 amide bonds. The molecular formula is C46H28O2. The summed E-state index contributed by atoms with van der Waals surface area (Å²) in [5.41, 5.74) is -7.04. The summed E-state index contributed by atoms with van der Waals surface area (Å²) in [5.74, 6) is -0.758. The van der Waals surface area contributed by atoms with E-state index >= 15 is 0 Å². The highest BCUT2D eigenvalue weighted by atomic mass is 16.3. The number of benzene rings is 8. The third-order valence-corrected chi connectivity index (χ3v) is 7.75. The maximum absolute atomic E-state index is 9.99. The highest BCUT2D eigenvalue weighted by Crippen LogP contribution is 2.48. The van der Waals surface area contributed by atoms with Crippen LogP contribution in [0.5, 0.6) is 0 Å². The maximum atomic E-state index is 9.99. The summed E-state index contributed by atoms with van der Waals surface area (Å²) < 4.78 is 262. The standard InChI is InChI=1S/C46H28O2/c1-4-14-29(15-5-1)41-33-20-10-12-22-35(33)42(36-23-13-11-21-34(36)41)32-24-26-39-38(28-32)37-25-27-40-44(46(37)47-39)43(30-16-6-2-7-17-30)45(48-40)31-18-8-3-9-19-31/h1-28H/i1D,2D,3D,4D,5D,6D,7D,8D,9D,10D,11D,12D,13D,14D,15D,16D,17D,18D,19D,20D,21D,22D,23D,24D,25D,26D,27D,28D. The lowest BCUT2D eigenvalue weighted by molar-refractivity contribution is 0.631. The van der Waals surface area contributed by atoms with Crippen LogP contribution in [0, 0.1) is 0 Å². The molecule has 0 aliphatic heterocycles. The molecule has 10 aromatic rings. The van der Waals surface area contributed by atoms with Gasteiger partial charge in [-0.05, 0) is 73.5 Å². The zero-order valence-electron chi connectivity index (χ0n) is 51.8. The zero-order chi connectivity index (χ0) is 56.0. The Bertz CT molecular complexity index is 4270. The van der Waals surface area contributed by atoms with Gasteiger partial charge in [0.25, 0.3) is 0 Å². The van der Waals surface area contributed by atoms with Crippen LogP contribution in [0.2, 0.25) is 0 Å². The van der Waals surface area contributed by atoms with E-state index < -0.39 is 268 Å². The Balaban J connectivity index is 1.49. The average molecular weight is 641 g/mol. The van der Waals surface area contributed by atoms with E-state index in [-0.39, 0.29) is 0 Å². The van der Waals surface area contributed by atoms with Crippen molar-refractivity contribution in [3.63, 3.8) is 0 Å². The summed E-state index contributed by atoms with van der Waals surface area (Å²) in [5, 5.41) is -4.55. The summed E-state index contributed by atoms with van der Waals surface area (Å²) in [6.07, 6.45) is 0. The topological polar surface area (TPSA) is 26.3 Å². The lowest BCUT2D eigenvalue weighted by Gasteiger charge is -2.17. The predicted octanol–water partition coefficient (Wildman–Crippen LogP) is 13.3. The molecule has 0 spiro atoms. The summed E-state index contributed by atoms with van der Waals surface area (Å²) >= 11 is 0. The van der Waals surface area contributed by atoms with E-state index in [0.29, 0.717) is 0 Å². The van der Waals surface area contributed by atoms with Crippen LogP contribution in [0.15, 0.2) is 178 Å². The molecule has 0 aliphatic carbocycles. The second-order valence-corrected chi connectivity index (χ2v) is 10.3. The second-order valence-electron chi connectivity index (χ2n) is 10.3. The lowest BCUT2D eigenvalue weighted by atomic mass is 9.86. The smallest absolute Gasteiger partial charge is 0.147 e. The predicted molar refractivity (Wildman–Crippen MR) is 200 cm³/mol. The molecule has 0 radical (unpaired) electrons. The SMILES string of the molecule is [2H]c1c([2H])c([2H])c(-c2oc3c([2H])c([2H])c4c(oc5c([2H])c([2H])c(-c6c7c([2H])c([2H])c([2H])c([2H])c7c(-c7c([2H])c([2H])c([2H])c([2H])c7[2H])c7c([2H])c([2H])c([2H])c([2H])c67)c([2H])c54)c3c2-c2c([2H])c([2H])c([2H])c([2H])c2[2H])c([2H])c1[2H]. The number of furan rings is 2. The van der Waals surface area contributed by atoms with Crippen LogP contribution < -0.4 is 0 Å². The summed E-state index contributed by atoms with van der Waals surface area (Å²) in [4.78, 5) is 0. The molecule has 0 saturated carbocycles. The fraction of sp³-hybridized carbons (Fsp3) is 0. The highest BCUT2D eigenvalue weighted by molar-refractivity contribution is 6.23. The number of hydrogen-bond donors (Lipinski definition) is 0. The van der Waals surface area contributed by atoms with Gasteiger partial charge in [-0.25, -0.2) is 0 Å². The van der Waals surface area contributed by atoms with Crippen LogP contribution in [-0.2, 0) is 0 Å². The van der Waals surface area contributed by atoms with E-state index in [1.165, 1.54) is 0 Å². The fourth-order valence-corrected chi connectivity index (χ4v) is 5.84. The van der Waals surface area contributed by atoms with E-state index in [9.17, 15) is 12.3 Å². The molecule has 0 saturated heterocycles. The van der Waals surface area contributed by atoms with Gasteiger partial charge in [0.1, 0.15) is 22.5 Å². The first-order valence-electron chi connectivity index (χ1n) is 28.1. The van der Waals surface area contributed by atoms with Crippen LogP contribution >= 0.6 is 0 Å². The molecule has 0 atom stereocenters. The van der Waals surface area contributed by atoms with Gasteiger partial charge in [-0.1, -0.05) is 145 Å². The van der Waals surface area contributed by atoms with Crippen LogP contribution in [0.4, 0.5) is 0 Å². The summed E-state index contributed by atoms with van der Waals surface area (Å²) in [7, 11) is 0.